The zero-order chi connectivity index (χ0) is 11.8. The van der Waals surface area contributed by atoms with Crippen molar-refractivity contribution < 1.29 is 5.11 Å². The maximum atomic E-state index is 9.78. The first-order chi connectivity index (χ1) is 8.24. The molecule has 4 heteroatoms. The van der Waals surface area contributed by atoms with Crippen LogP contribution in [0.4, 0.5) is 0 Å². The molecule has 0 saturated heterocycles. The minimum atomic E-state index is 0.137. The van der Waals surface area contributed by atoms with Crippen LogP contribution < -0.4 is 0 Å². The number of hydrogen-bond acceptors (Lipinski definition) is 3. The molecule has 83 valence electrons. The molecule has 1 N–H and O–H groups in total. The van der Waals surface area contributed by atoms with E-state index in [0.717, 1.165) is 16.6 Å². The van der Waals surface area contributed by atoms with Gasteiger partial charge in [-0.2, -0.15) is 0 Å². The van der Waals surface area contributed by atoms with Crippen molar-refractivity contribution in [3.63, 3.8) is 0 Å². The van der Waals surface area contributed by atoms with E-state index in [4.69, 9.17) is 0 Å². The standard InChI is InChI=1S/C13H10N3O/c1-9-6-7-13(17)12(8-9)16-14-10-4-2-3-5-11(10)15-16/h2-8,17H,1H2. The van der Waals surface area contributed by atoms with Crippen LogP contribution in [0.5, 0.6) is 5.75 Å². The Morgan fingerprint density at radius 3 is 2.29 bits per heavy atom. The molecule has 0 spiro atoms. The van der Waals surface area contributed by atoms with E-state index in [1.807, 2.05) is 24.3 Å². The fraction of sp³-hybridized carbons (Fsp3) is 0. The first-order valence-corrected chi connectivity index (χ1v) is 5.21. The molecule has 0 fully saturated rings. The third kappa shape index (κ3) is 1.63. The van der Waals surface area contributed by atoms with Gasteiger partial charge in [-0.15, -0.1) is 15.0 Å². The lowest BCUT2D eigenvalue weighted by molar-refractivity contribution is 0.467. The third-order valence-corrected chi connectivity index (χ3v) is 2.54. The van der Waals surface area contributed by atoms with Gasteiger partial charge >= 0.3 is 0 Å². The van der Waals surface area contributed by atoms with Crippen LogP contribution in [0.3, 0.4) is 0 Å². The number of hydrogen-bond donors (Lipinski definition) is 1. The number of aromatic nitrogens is 3. The molecule has 17 heavy (non-hydrogen) atoms. The summed E-state index contributed by atoms with van der Waals surface area (Å²) >= 11 is 0. The number of phenolic OH excluding ortho intramolecular Hbond substituents is 1. The summed E-state index contributed by atoms with van der Waals surface area (Å²) in [6.07, 6.45) is 0. The van der Waals surface area contributed by atoms with Gasteiger partial charge in [0, 0.05) is 0 Å². The lowest BCUT2D eigenvalue weighted by atomic mass is 10.2. The summed E-state index contributed by atoms with van der Waals surface area (Å²) in [6.45, 7) is 3.82. The Morgan fingerprint density at radius 1 is 1.00 bits per heavy atom. The Balaban J connectivity index is 2.23. The van der Waals surface area contributed by atoms with E-state index in [-0.39, 0.29) is 5.75 Å². The van der Waals surface area contributed by atoms with Crippen molar-refractivity contribution in [2.45, 2.75) is 0 Å². The summed E-state index contributed by atoms with van der Waals surface area (Å²) in [5.74, 6) is 0.137. The molecular weight excluding hydrogens is 214 g/mol. The van der Waals surface area contributed by atoms with Crippen molar-refractivity contribution in [1.82, 2.24) is 15.0 Å². The van der Waals surface area contributed by atoms with Gasteiger partial charge in [-0.25, -0.2) is 0 Å². The molecule has 0 unspecified atom stereocenters. The Hall–Kier alpha value is -2.36. The number of fused-ring (bicyclic) bond motifs is 1. The minimum absolute atomic E-state index is 0.137. The third-order valence-electron chi connectivity index (χ3n) is 2.54. The SMILES string of the molecule is [CH2]c1ccc(O)c(-n2nc3ccccc3n2)c1. The molecule has 0 amide bonds. The van der Waals surface area contributed by atoms with E-state index < -0.39 is 0 Å². The van der Waals surface area contributed by atoms with Gasteiger partial charge < -0.3 is 5.11 Å². The first kappa shape index (κ1) is 9.84. The predicted octanol–water partition coefficient (Wildman–Crippen LogP) is 2.31. The summed E-state index contributed by atoms with van der Waals surface area (Å²) in [4.78, 5) is 1.43. The van der Waals surface area contributed by atoms with Crippen molar-refractivity contribution in [2.75, 3.05) is 0 Å². The average molecular weight is 224 g/mol. The zero-order valence-electron chi connectivity index (χ0n) is 9.04. The van der Waals surface area contributed by atoms with E-state index in [9.17, 15) is 5.11 Å². The number of benzene rings is 2. The van der Waals surface area contributed by atoms with Crippen LogP contribution in [0, 0.1) is 6.92 Å². The molecule has 1 aromatic heterocycles. The molecular formula is C13H10N3O. The monoisotopic (exact) mass is 224 g/mol. The molecule has 0 aliphatic carbocycles. The van der Waals surface area contributed by atoms with Crippen molar-refractivity contribution >= 4 is 11.0 Å². The fourth-order valence-electron chi connectivity index (χ4n) is 1.70. The molecule has 4 nitrogen and oxygen atoms in total. The molecule has 3 rings (SSSR count). The van der Waals surface area contributed by atoms with Crippen molar-refractivity contribution in [3.05, 3.63) is 55.0 Å². The summed E-state index contributed by atoms with van der Waals surface area (Å²) in [5.41, 5.74) is 2.93. The van der Waals surface area contributed by atoms with E-state index in [1.165, 1.54) is 4.80 Å². The Bertz CT molecular complexity index is 655. The van der Waals surface area contributed by atoms with Gasteiger partial charge in [0.2, 0.25) is 0 Å². The second kappa shape index (κ2) is 3.59. The average Bonchev–Trinajstić information content (AvgIpc) is 2.75. The topological polar surface area (TPSA) is 50.9 Å². The molecule has 2 aromatic carbocycles. The van der Waals surface area contributed by atoms with Gasteiger partial charge in [-0.1, -0.05) is 18.2 Å². The van der Waals surface area contributed by atoms with Gasteiger partial charge in [0.05, 0.1) is 0 Å². The maximum Gasteiger partial charge on any atom is 0.143 e. The molecule has 0 bridgehead atoms. The van der Waals surface area contributed by atoms with Gasteiger partial charge in [0.15, 0.2) is 0 Å². The summed E-state index contributed by atoms with van der Waals surface area (Å²) in [6, 6.07) is 12.6. The molecule has 0 aliphatic rings. The van der Waals surface area contributed by atoms with Crippen molar-refractivity contribution in [3.8, 4) is 11.4 Å². The largest absolute Gasteiger partial charge is 0.506 e. The molecule has 0 atom stereocenters. The van der Waals surface area contributed by atoms with Gasteiger partial charge in [-0.05, 0) is 36.8 Å². The zero-order valence-corrected chi connectivity index (χ0v) is 9.04. The maximum absolute atomic E-state index is 9.78. The molecule has 0 saturated carbocycles. The molecule has 1 heterocycles. The summed E-state index contributed by atoms with van der Waals surface area (Å²) < 4.78 is 0. The highest BCUT2D eigenvalue weighted by molar-refractivity contribution is 5.73. The van der Waals surface area contributed by atoms with Gasteiger partial charge in [0.25, 0.3) is 0 Å². The lowest BCUT2D eigenvalue weighted by Crippen LogP contribution is -1.99. The quantitative estimate of drug-likeness (QED) is 0.690. The normalized spacial score (nSPS) is 10.9. The Labute approximate surface area is 98.1 Å². The van der Waals surface area contributed by atoms with Crippen molar-refractivity contribution in [1.29, 1.82) is 0 Å². The number of nitrogens with zero attached hydrogens (tertiary/aromatic N) is 3. The van der Waals surface area contributed by atoms with Crippen LogP contribution in [0.1, 0.15) is 5.56 Å². The highest BCUT2D eigenvalue weighted by atomic mass is 16.3. The van der Waals surface area contributed by atoms with E-state index in [2.05, 4.69) is 17.1 Å². The van der Waals surface area contributed by atoms with Crippen LogP contribution >= 0.6 is 0 Å². The number of rotatable bonds is 1. The first-order valence-electron chi connectivity index (χ1n) is 5.21. The van der Waals surface area contributed by atoms with Gasteiger partial charge in [-0.3, -0.25) is 0 Å². The minimum Gasteiger partial charge on any atom is -0.506 e. The van der Waals surface area contributed by atoms with Crippen LogP contribution in [0.2, 0.25) is 0 Å². The van der Waals surface area contributed by atoms with E-state index in [1.54, 1.807) is 18.2 Å². The summed E-state index contributed by atoms with van der Waals surface area (Å²) in [7, 11) is 0. The molecule has 1 radical (unpaired) electrons. The van der Waals surface area contributed by atoms with E-state index >= 15 is 0 Å². The second-order valence-corrected chi connectivity index (χ2v) is 3.80. The van der Waals surface area contributed by atoms with E-state index in [0.29, 0.717) is 5.69 Å². The highest BCUT2D eigenvalue weighted by Crippen LogP contribution is 2.22. The fourth-order valence-corrected chi connectivity index (χ4v) is 1.70. The summed E-state index contributed by atoms with van der Waals surface area (Å²) in [5, 5.41) is 18.4. The van der Waals surface area contributed by atoms with Crippen LogP contribution in [-0.4, -0.2) is 20.1 Å². The second-order valence-electron chi connectivity index (χ2n) is 3.80. The van der Waals surface area contributed by atoms with Crippen molar-refractivity contribution in [2.24, 2.45) is 0 Å². The highest BCUT2D eigenvalue weighted by Gasteiger charge is 2.08. The smallest absolute Gasteiger partial charge is 0.143 e. The predicted molar refractivity (Wildman–Crippen MR) is 65.0 cm³/mol. The van der Waals surface area contributed by atoms with Crippen LogP contribution in [-0.2, 0) is 0 Å². The van der Waals surface area contributed by atoms with Crippen LogP contribution in [0.25, 0.3) is 16.7 Å². The van der Waals surface area contributed by atoms with Crippen LogP contribution in [0.15, 0.2) is 42.5 Å². The molecule has 3 aromatic rings. The Kier molecular flexibility index (Phi) is 2.08. The molecule has 0 aliphatic heterocycles. The Morgan fingerprint density at radius 2 is 1.65 bits per heavy atom. The van der Waals surface area contributed by atoms with Gasteiger partial charge in [0.1, 0.15) is 22.5 Å². The number of phenols is 1. The number of aromatic hydroxyl groups is 1. The lowest BCUT2D eigenvalue weighted by Gasteiger charge is -2.03.